The lowest BCUT2D eigenvalue weighted by molar-refractivity contribution is 0.102. The first-order valence-corrected chi connectivity index (χ1v) is 10.7. The zero-order valence-electron chi connectivity index (χ0n) is 17.8. The number of hydrogen-bond acceptors (Lipinski definition) is 5. The number of para-hydroxylation sites is 1. The van der Waals surface area contributed by atoms with Gasteiger partial charge in [0.2, 0.25) is 0 Å². The maximum atomic E-state index is 14.4. The molecule has 6 nitrogen and oxygen atoms in total. The summed E-state index contributed by atoms with van der Waals surface area (Å²) in [6, 6.07) is 13.1. The van der Waals surface area contributed by atoms with Crippen LogP contribution in [0.1, 0.15) is 24.2 Å². The number of pyridine rings is 1. The highest BCUT2D eigenvalue weighted by Crippen LogP contribution is 2.40. The molecule has 1 aromatic heterocycles. The molecule has 166 valence electrons. The first-order valence-electron chi connectivity index (χ1n) is 10.3. The topological polar surface area (TPSA) is 63.7 Å². The van der Waals surface area contributed by atoms with Crippen molar-refractivity contribution in [2.45, 2.75) is 13.8 Å². The minimum atomic E-state index is -0.536. The molecule has 8 heteroatoms. The van der Waals surface area contributed by atoms with E-state index in [2.05, 4.69) is 10.3 Å². The van der Waals surface area contributed by atoms with Gasteiger partial charge in [-0.05, 0) is 42.3 Å². The molecule has 1 amide bonds. The molecule has 0 bridgehead atoms. The normalized spacial score (nSPS) is 12.8. The average molecular weight is 456 g/mol. The van der Waals surface area contributed by atoms with Crippen molar-refractivity contribution in [2.24, 2.45) is 5.92 Å². The molecule has 0 radical (unpaired) electrons. The summed E-state index contributed by atoms with van der Waals surface area (Å²) in [7, 11) is 0. The maximum Gasteiger partial charge on any atom is 0.259 e. The third-order valence-corrected chi connectivity index (χ3v) is 5.14. The summed E-state index contributed by atoms with van der Waals surface area (Å²) in [5.74, 6) is 0.501. The number of carbonyl (C=O) groups excluding carboxylic acids is 1. The van der Waals surface area contributed by atoms with E-state index >= 15 is 0 Å². The van der Waals surface area contributed by atoms with Gasteiger partial charge >= 0.3 is 0 Å². The average Bonchev–Trinajstić information content (AvgIpc) is 2.78. The highest BCUT2D eigenvalue weighted by molar-refractivity contribution is 6.33. The predicted octanol–water partition coefficient (Wildman–Crippen LogP) is 5.69. The Bertz CT molecular complexity index is 1140. The Morgan fingerprint density at radius 1 is 1.28 bits per heavy atom. The molecular weight excluding hydrogens is 433 g/mol. The van der Waals surface area contributed by atoms with Crippen molar-refractivity contribution in [3.63, 3.8) is 0 Å². The lowest BCUT2D eigenvalue weighted by Crippen LogP contribution is -2.30. The Hall–Kier alpha value is -3.32. The van der Waals surface area contributed by atoms with Gasteiger partial charge in [0.15, 0.2) is 23.1 Å². The minimum absolute atomic E-state index is 0.153. The second kappa shape index (κ2) is 9.44. The number of anilines is 3. The van der Waals surface area contributed by atoms with Gasteiger partial charge in [-0.3, -0.25) is 4.79 Å². The molecule has 1 aliphatic heterocycles. The lowest BCUT2D eigenvalue weighted by Gasteiger charge is -2.31. The summed E-state index contributed by atoms with van der Waals surface area (Å²) in [6.45, 7) is 5.28. The van der Waals surface area contributed by atoms with Crippen LogP contribution in [0.15, 0.2) is 54.7 Å². The van der Waals surface area contributed by atoms with E-state index in [0.29, 0.717) is 53.3 Å². The molecule has 0 aliphatic carbocycles. The van der Waals surface area contributed by atoms with Crippen LogP contribution in [0.3, 0.4) is 0 Å². The molecular formula is C24H23ClFN3O3. The first-order chi connectivity index (χ1) is 15.4. The fraction of sp³-hybridized carbons (Fsp3) is 0.250. The first kappa shape index (κ1) is 21.9. The van der Waals surface area contributed by atoms with Gasteiger partial charge in [0, 0.05) is 18.0 Å². The molecule has 3 aromatic rings. The fourth-order valence-corrected chi connectivity index (χ4v) is 3.60. The Balaban J connectivity index is 1.58. The molecule has 0 atom stereocenters. The molecule has 4 rings (SSSR count). The Labute approximate surface area is 190 Å². The number of aromatic nitrogens is 1. The van der Waals surface area contributed by atoms with Gasteiger partial charge in [-0.1, -0.05) is 31.5 Å². The summed E-state index contributed by atoms with van der Waals surface area (Å²) in [5.41, 5.74) is 1.34. The molecule has 32 heavy (non-hydrogen) atoms. The van der Waals surface area contributed by atoms with Crippen LogP contribution >= 0.6 is 11.6 Å². The molecule has 0 spiro atoms. The van der Waals surface area contributed by atoms with Crippen molar-refractivity contribution in [1.82, 2.24) is 4.98 Å². The number of fused-ring (bicyclic) bond motifs is 1. The number of ether oxygens (including phenoxy) is 2. The largest absolute Gasteiger partial charge is 0.490 e. The molecule has 0 saturated carbocycles. The van der Waals surface area contributed by atoms with Crippen molar-refractivity contribution in [3.8, 4) is 11.5 Å². The fourth-order valence-electron chi connectivity index (χ4n) is 3.37. The second-order valence-electron chi connectivity index (χ2n) is 7.77. The smallest absolute Gasteiger partial charge is 0.259 e. The van der Waals surface area contributed by atoms with Gasteiger partial charge in [-0.25, -0.2) is 9.37 Å². The van der Waals surface area contributed by atoms with E-state index in [4.69, 9.17) is 21.1 Å². The number of nitrogens with one attached hydrogen (secondary N) is 1. The van der Waals surface area contributed by atoms with E-state index in [1.807, 2.05) is 24.8 Å². The summed E-state index contributed by atoms with van der Waals surface area (Å²) >= 11 is 6.33. The van der Waals surface area contributed by atoms with Crippen LogP contribution in [0.5, 0.6) is 11.5 Å². The van der Waals surface area contributed by atoms with Gasteiger partial charge in [0.1, 0.15) is 6.61 Å². The third-order valence-electron chi connectivity index (χ3n) is 4.85. The van der Waals surface area contributed by atoms with Crippen LogP contribution < -0.4 is 19.7 Å². The molecule has 0 saturated heterocycles. The molecule has 0 fully saturated rings. The van der Waals surface area contributed by atoms with Crippen molar-refractivity contribution in [2.75, 3.05) is 30.0 Å². The quantitative estimate of drug-likeness (QED) is 0.517. The zero-order chi connectivity index (χ0) is 22.7. The van der Waals surface area contributed by atoms with Crippen LogP contribution in [-0.2, 0) is 0 Å². The summed E-state index contributed by atoms with van der Waals surface area (Å²) in [5, 5.41) is 3.24. The highest BCUT2D eigenvalue weighted by atomic mass is 35.5. The number of benzene rings is 2. The van der Waals surface area contributed by atoms with E-state index in [9.17, 15) is 9.18 Å². The molecule has 2 heterocycles. The van der Waals surface area contributed by atoms with Crippen molar-refractivity contribution >= 4 is 34.7 Å². The van der Waals surface area contributed by atoms with Crippen LogP contribution in [0.2, 0.25) is 5.02 Å². The number of carbonyl (C=O) groups is 1. The molecule has 1 N–H and O–H groups in total. The Kier molecular flexibility index (Phi) is 6.46. The number of amides is 1. The van der Waals surface area contributed by atoms with Crippen molar-refractivity contribution in [3.05, 3.63) is 71.1 Å². The van der Waals surface area contributed by atoms with Crippen molar-refractivity contribution in [1.29, 1.82) is 0 Å². The number of hydrogen-bond donors (Lipinski definition) is 1. The third kappa shape index (κ3) is 4.62. The molecule has 2 aromatic carbocycles. The monoisotopic (exact) mass is 455 g/mol. The summed E-state index contributed by atoms with van der Waals surface area (Å²) in [6.07, 6.45) is 1.66. The van der Waals surface area contributed by atoms with Gasteiger partial charge in [0.25, 0.3) is 5.91 Å². The number of nitrogens with zero attached hydrogens (tertiary/aromatic N) is 2. The Morgan fingerprint density at radius 3 is 2.88 bits per heavy atom. The zero-order valence-corrected chi connectivity index (χ0v) is 18.5. The predicted molar refractivity (Wildman–Crippen MR) is 123 cm³/mol. The molecule has 1 aliphatic rings. The van der Waals surface area contributed by atoms with Crippen LogP contribution in [0, 0.1) is 11.7 Å². The van der Waals surface area contributed by atoms with E-state index in [-0.39, 0.29) is 11.7 Å². The van der Waals surface area contributed by atoms with Crippen LogP contribution in [0.25, 0.3) is 0 Å². The van der Waals surface area contributed by atoms with E-state index < -0.39 is 11.7 Å². The second-order valence-corrected chi connectivity index (χ2v) is 8.17. The van der Waals surface area contributed by atoms with Crippen LogP contribution in [-0.4, -0.2) is 30.6 Å². The maximum absolute atomic E-state index is 14.4. The number of rotatable bonds is 6. The Morgan fingerprint density at radius 2 is 2.12 bits per heavy atom. The highest BCUT2D eigenvalue weighted by Gasteiger charge is 2.26. The summed E-state index contributed by atoms with van der Waals surface area (Å²) < 4.78 is 25.7. The van der Waals surface area contributed by atoms with Crippen molar-refractivity contribution < 1.29 is 18.7 Å². The van der Waals surface area contributed by atoms with Gasteiger partial charge in [-0.15, -0.1) is 0 Å². The standard InChI is InChI=1S/C24H23ClFN3O3/c1-15(2)14-32-21-9-8-16(13-19(21)26)28-24(30)17-5-3-7-20-22(17)31-12-11-29(20)23-18(25)6-4-10-27-23/h3-10,13,15H,11-12,14H2,1-2H3,(H,28,30). The SMILES string of the molecule is CC(C)COc1ccc(NC(=O)c2cccc3c2OCCN3c2ncccc2Cl)cc1F. The van der Waals surface area contributed by atoms with Gasteiger partial charge in [0.05, 0.1) is 29.4 Å². The van der Waals surface area contributed by atoms with Gasteiger partial charge in [-0.2, -0.15) is 0 Å². The number of halogens is 2. The minimum Gasteiger partial charge on any atom is -0.490 e. The van der Waals surface area contributed by atoms with Gasteiger partial charge < -0.3 is 19.7 Å². The van der Waals surface area contributed by atoms with E-state index in [0.717, 1.165) is 0 Å². The van der Waals surface area contributed by atoms with E-state index in [1.165, 1.54) is 12.1 Å². The lowest BCUT2D eigenvalue weighted by atomic mass is 10.1. The van der Waals surface area contributed by atoms with Crippen LogP contribution in [0.4, 0.5) is 21.6 Å². The summed E-state index contributed by atoms with van der Waals surface area (Å²) in [4.78, 5) is 19.3. The molecule has 0 unspecified atom stereocenters. The van der Waals surface area contributed by atoms with E-state index in [1.54, 1.807) is 36.5 Å².